The van der Waals surface area contributed by atoms with Gasteiger partial charge in [-0.3, -0.25) is 0 Å². The monoisotopic (exact) mass is 238 g/mol. The van der Waals surface area contributed by atoms with Gasteiger partial charge in [-0.25, -0.2) is 0 Å². The molecule has 82 valence electrons. The maximum absolute atomic E-state index is 2.35. The summed E-state index contributed by atoms with van der Waals surface area (Å²) in [5, 5.41) is 0. The largest absolute Gasteiger partial charge is 0.146 e. The van der Waals surface area contributed by atoms with Gasteiger partial charge in [0.05, 0.1) is 4.58 Å². The van der Waals surface area contributed by atoms with Gasteiger partial charge in [-0.2, -0.15) is 0 Å². The Labute approximate surface area is 101 Å². The Morgan fingerprint density at radius 2 is 2.00 bits per heavy atom. The van der Waals surface area contributed by atoms with Crippen LogP contribution in [0.1, 0.15) is 25.8 Å². The maximum Gasteiger partial charge on any atom is 0.0511 e. The third kappa shape index (κ3) is 3.46. The molecule has 0 unspecified atom stereocenters. The molecule has 0 aliphatic carbocycles. The maximum atomic E-state index is 2.35. The lowest BCUT2D eigenvalue weighted by Crippen LogP contribution is -2.12. The summed E-state index contributed by atoms with van der Waals surface area (Å²) in [6.07, 6.45) is 2.53. The summed E-state index contributed by atoms with van der Waals surface area (Å²) in [7, 11) is 0. The highest BCUT2D eigenvalue weighted by atomic mass is 32.2. The number of hydrogen-bond acceptors (Lipinski definition) is 2. The van der Waals surface area contributed by atoms with E-state index in [4.69, 9.17) is 0 Å². The van der Waals surface area contributed by atoms with Crippen molar-refractivity contribution in [3.8, 4) is 0 Å². The first-order chi connectivity index (χ1) is 7.16. The molecule has 1 saturated heterocycles. The van der Waals surface area contributed by atoms with Gasteiger partial charge >= 0.3 is 0 Å². The molecule has 0 bridgehead atoms. The van der Waals surface area contributed by atoms with Gasteiger partial charge < -0.3 is 0 Å². The predicted molar refractivity (Wildman–Crippen MR) is 72.7 cm³/mol. The molecule has 1 heterocycles. The second kappa shape index (κ2) is 4.84. The lowest BCUT2D eigenvalue weighted by molar-refractivity contribution is 0.823. The van der Waals surface area contributed by atoms with Crippen molar-refractivity contribution in [1.82, 2.24) is 0 Å². The predicted octanol–water partition coefficient (Wildman–Crippen LogP) is 4.20. The fourth-order valence-corrected chi connectivity index (χ4v) is 5.34. The lowest BCUT2D eigenvalue weighted by atomic mass is 10.1. The summed E-state index contributed by atoms with van der Waals surface area (Å²) in [6, 6.07) is 10.8. The van der Waals surface area contributed by atoms with Gasteiger partial charge in [0.25, 0.3) is 0 Å². The minimum atomic E-state index is 0.492. The summed E-state index contributed by atoms with van der Waals surface area (Å²) in [4.78, 5) is 0. The molecule has 0 N–H and O–H groups in total. The molecular weight excluding hydrogens is 220 g/mol. The number of hydrogen-bond donors (Lipinski definition) is 0. The summed E-state index contributed by atoms with van der Waals surface area (Å²) in [6.45, 7) is 4.71. The Morgan fingerprint density at radius 3 is 2.60 bits per heavy atom. The van der Waals surface area contributed by atoms with Gasteiger partial charge in [-0.1, -0.05) is 30.3 Å². The molecule has 0 spiro atoms. The van der Waals surface area contributed by atoms with Crippen LogP contribution in [0.2, 0.25) is 0 Å². The van der Waals surface area contributed by atoms with Crippen molar-refractivity contribution in [2.24, 2.45) is 0 Å². The molecule has 0 radical (unpaired) electrons. The van der Waals surface area contributed by atoms with E-state index in [0.717, 1.165) is 4.58 Å². The average molecular weight is 238 g/mol. The molecule has 1 fully saturated rings. The van der Waals surface area contributed by atoms with Gasteiger partial charge in [0.2, 0.25) is 0 Å². The van der Waals surface area contributed by atoms with Crippen molar-refractivity contribution >= 4 is 23.5 Å². The Hall–Kier alpha value is -0.0800. The van der Waals surface area contributed by atoms with Crippen molar-refractivity contribution < 1.29 is 0 Å². The normalized spacial score (nSPS) is 24.3. The Bertz CT molecular complexity index is 306. The summed E-state index contributed by atoms with van der Waals surface area (Å²) in [5.74, 6) is 1.30. The SMILES string of the molecule is CC1(C)CS[C@H](CCc2ccccc2)S1. The van der Waals surface area contributed by atoms with Crippen molar-refractivity contribution in [3.05, 3.63) is 35.9 Å². The van der Waals surface area contributed by atoms with E-state index in [2.05, 4.69) is 67.7 Å². The molecule has 0 nitrogen and oxygen atoms in total. The third-order valence-corrected chi connectivity index (χ3v) is 6.24. The number of aryl methyl sites for hydroxylation is 1. The van der Waals surface area contributed by atoms with Crippen LogP contribution in [0.5, 0.6) is 0 Å². The Morgan fingerprint density at radius 1 is 1.27 bits per heavy atom. The van der Waals surface area contributed by atoms with Crippen LogP contribution in [0.15, 0.2) is 30.3 Å². The zero-order valence-corrected chi connectivity index (χ0v) is 11.0. The fourth-order valence-electron chi connectivity index (χ4n) is 1.79. The van der Waals surface area contributed by atoms with Crippen LogP contribution < -0.4 is 0 Å². The minimum absolute atomic E-state index is 0.492. The molecule has 1 aliphatic rings. The molecular formula is C13H18S2. The van der Waals surface area contributed by atoms with Crippen molar-refractivity contribution in [2.45, 2.75) is 36.0 Å². The molecule has 2 rings (SSSR count). The molecule has 1 atom stereocenters. The van der Waals surface area contributed by atoms with E-state index in [1.165, 1.54) is 24.2 Å². The smallest absolute Gasteiger partial charge is 0.0511 e. The third-order valence-electron chi connectivity index (χ3n) is 2.58. The van der Waals surface area contributed by atoms with E-state index < -0.39 is 0 Å². The van der Waals surface area contributed by atoms with Crippen LogP contribution >= 0.6 is 23.5 Å². The van der Waals surface area contributed by atoms with Gasteiger partial charge in [0, 0.05) is 10.5 Å². The van der Waals surface area contributed by atoms with Gasteiger partial charge in [0.15, 0.2) is 0 Å². The Kier molecular flexibility index (Phi) is 3.68. The van der Waals surface area contributed by atoms with Crippen LogP contribution in [0.4, 0.5) is 0 Å². The van der Waals surface area contributed by atoms with Crippen LogP contribution in [0.3, 0.4) is 0 Å². The average Bonchev–Trinajstić information content (AvgIpc) is 2.57. The van der Waals surface area contributed by atoms with E-state index in [0.29, 0.717) is 4.75 Å². The molecule has 0 aromatic heterocycles. The number of rotatable bonds is 3. The highest BCUT2D eigenvalue weighted by Gasteiger charge is 2.31. The first-order valence-corrected chi connectivity index (χ1v) is 7.42. The number of thioether (sulfide) groups is 2. The highest BCUT2D eigenvalue weighted by Crippen LogP contribution is 2.46. The van der Waals surface area contributed by atoms with Crippen molar-refractivity contribution in [1.29, 1.82) is 0 Å². The van der Waals surface area contributed by atoms with E-state index in [1.807, 2.05) is 0 Å². The molecule has 15 heavy (non-hydrogen) atoms. The lowest BCUT2D eigenvalue weighted by Gasteiger charge is -2.15. The van der Waals surface area contributed by atoms with E-state index in [-0.39, 0.29) is 0 Å². The molecule has 0 saturated carbocycles. The van der Waals surface area contributed by atoms with Crippen LogP contribution in [-0.4, -0.2) is 15.1 Å². The summed E-state index contributed by atoms with van der Waals surface area (Å²) in [5.41, 5.74) is 1.48. The zero-order chi connectivity index (χ0) is 10.7. The standard InChI is InChI=1S/C13H18S2/c1-13(2)10-14-12(15-13)9-8-11-6-4-3-5-7-11/h3-7,12H,8-10H2,1-2H3/t12-/m0/s1. The van der Waals surface area contributed by atoms with Gasteiger partial charge in [-0.15, -0.1) is 23.5 Å². The highest BCUT2D eigenvalue weighted by molar-refractivity contribution is 8.20. The molecule has 2 heteroatoms. The van der Waals surface area contributed by atoms with E-state index >= 15 is 0 Å². The summed E-state index contributed by atoms with van der Waals surface area (Å²) < 4.78 is 1.30. The van der Waals surface area contributed by atoms with Crippen molar-refractivity contribution in [2.75, 3.05) is 5.75 Å². The minimum Gasteiger partial charge on any atom is -0.146 e. The second-order valence-electron chi connectivity index (χ2n) is 4.64. The molecule has 1 aromatic rings. The topological polar surface area (TPSA) is 0 Å². The first kappa shape index (κ1) is 11.4. The van der Waals surface area contributed by atoms with E-state index in [9.17, 15) is 0 Å². The second-order valence-corrected chi connectivity index (χ2v) is 8.04. The Balaban J connectivity index is 1.80. The van der Waals surface area contributed by atoms with Gasteiger partial charge in [-0.05, 0) is 32.3 Å². The molecule has 1 aliphatic heterocycles. The fraction of sp³-hybridized carbons (Fsp3) is 0.538. The quantitative estimate of drug-likeness (QED) is 0.774. The van der Waals surface area contributed by atoms with Gasteiger partial charge in [0.1, 0.15) is 0 Å². The van der Waals surface area contributed by atoms with E-state index in [1.54, 1.807) is 0 Å². The molecule has 1 aromatic carbocycles. The van der Waals surface area contributed by atoms with Crippen molar-refractivity contribution in [3.63, 3.8) is 0 Å². The number of benzene rings is 1. The van der Waals surface area contributed by atoms with Crippen LogP contribution in [0, 0.1) is 0 Å². The zero-order valence-electron chi connectivity index (χ0n) is 9.40. The first-order valence-electron chi connectivity index (χ1n) is 5.49. The summed E-state index contributed by atoms with van der Waals surface area (Å²) >= 11 is 4.28. The molecule has 0 amide bonds. The van der Waals surface area contributed by atoms with Crippen LogP contribution in [-0.2, 0) is 6.42 Å². The van der Waals surface area contributed by atoms with Crippen LogP contribution in [0.25, 0.3) is 0 Å².